The van der Waals surface area contributed by atoms with E-state index < -0.39 is 36.0 Å². The third-order valence-corrected chi connectivity index (χ3v) is 2.45. The van der Waals surface area contributed by atoms with Crippen molar-refractivity contribution in [3.05, 3.63) is 0 Å². The highest BCUT2D eigenvalue weighted by Gasteiger charge is 2.53. The van der Waals surface area contributed by atoms with Crippen molar-refractivity contribution in [3.63, 3.8) is 0 Å². The average Bonchev–Trinajstić information content (AvgIpc) is 2.51. The van der Waals surface area contributed by atoms with Crippen molar-refractivity contribution in [2.24, 2.45) is 0 Å². The van der Waals surface area contributed by atoms with Gasteiger partial charge in [-0.3, -0.25) is 14.4 Å². The quantitative estimate of drug-likeness (QED) is 0.159. The van der Waals surface area contributed by atoms with Gasteiger partial charge in [-0.05, 0) is 13.3 Å². The van der Waals surface area contributed by atoms with Crippen LogP contribution in [-0.2, 0) is 43.2 Å². The molecule has 24 heavy (non-hydrogen) atoms. The minimum atomic E-state index is -2.89. The third-order valence-electron chi connectivity index (χ3n) is 2.45. The van der Waals surface area contributed by atoms with Crippen LogP contribution in [0.3, 0.4) is 0 Å². The summed E-state index contributed by atoms with van der Waals surface area (Å²) in [4.78, 5) is 63.9. The van der Waals surface area contributed by atoms with Crippen molar-refractivity contribution in [2.45, 2.75) is 51.9 Å². The molecule has 0 aromatic heterocycles. The van der Waals surface area contributed by atoms with Crippen molar-refractivity contribution in [2.75, 3.05) is 0 Å². The van der Waals surface area contributed by atoms with Crippen LogP contribution in [0.15, 0.2) is 0 Å². The van der Waals surface area contributed by atoms with Gasteiger partial charge >= 0.3 is 29.9 Å². The number of aliphatic hydroxyl groups excluding tert-OH is 1. The first kappa shape index (κ1) is 21.3. The summed E-state index contributed by atoms with van der Waals surface area (Å²) in [5.74, 6) is -6.56. The van der Waals surface area contributed by atoms with Crippen molar-refractivity contribution in [1.29, 1.82) is 0 Å². The molecule has 0 heterocycles. The van der Waals surface area contributed by atoms with E-state index in [2.05, 4.69) is 24.0 Å². The topological polar surface area (TPSA) is 152 Å². The molecule has 11 heteroatoms. The lowest BCUT2D eigenvalue weighted by Gasteiger charge is -2.29. The van der Waals surface area contributed by atoms with Gasteiger partial charge in [-0.1, -0.05) is 13.8 Å². The van der Waals surface area contributed by atoms with Crippen LogP contribution in [0.5, 0.6) is 0 Å². The van der Waals surface area contributed by atoms with E-state index in [0.717, 1.165) is 6.92 Å². The number of rotatable bonds is 8. The van der Waals surface area contributed by atoms with E-state index in [1.807, 2.05) is 0 Å². The van der Waals surface area contributed by atoms with E-state index in [-0.39, 0.29) is 19.3 Å². The van der Waals surface area contributed by atoms with Gasteiger partial charge in [-0.2, -0.15) is 4.79 Å². The summed E-state index contributed by atoms with van der Waals surface area (Å²) in [5, 5.41) is 9.60. The largest absolute Gasteiger partial charge is 0.557 e. The summed E-state index contributed by atoms with van der Waals surface area (Å²) in [6, 6.07) is 0. The maximum Gasteiger partial charge on any atom is 0.557 e. The van der Waals surface area contributed by atoms with Crippen LogP contribution >= 0.6 is 0 Å². The Balaban J connectivity index is 4.99. The molecule has 0 saturated heterocycles. The number of carbonyl (C=O) groups is 5. The molecule has 0 fully saturated rings. The molecular weight excluding hydrogens is 332 g/mol. The normalized spacial score (nSPS) is 13.7. The van der Waals surface area contributed by atoms with Crippen LogP contribution in [0.25, 0.3) is 0 Å². The van der Waals surface area contributed by atoms with Gasteiger partial charge in [0.05, 0.1) is 0 Å². The Labute approximate surface area is 136 Å². The van der Waals surface area contributed by atoms with Crippen LogP contribution < -0.4 is 0 Å². The summed E-state index contributed by atoms with van der Waals surface area (Å²) in [6.45, 7) is 3.70. The van der Waals surface area contributed by atoms with Crippen molar-refractivity contribution < 1.29 is 53.1 Å². The van der Waals surface area contributed by atoms with Gasteiger partial charge in [-0.25, -0.2) is 14.6 Å². The van der Waals surface area contributed by atoms with Crippen molar-refractivity contribution >= 4 is 30.5 Å². The second-order valence-electron chi connectivity index (χ2n) is 4.31. The minimum Gasteiger partial charge on any atom is -0.412 e. The van der Waals surface area contributed by atoms with E-state index in [1.165, 1.54) is 6.92 Å². The summed E-state index contributed by atoms with van der Waals surface area (Å²) in [5.41, 5.74) is 0. The van der Waals surface area contributed by atoms with E-state index in [4.69, 9.17) is 0 Å². The Morgan fingerprint density at radius 2 is 1.75 bits per heavy atom. The Hall–Kier alpha value is -2.69. The number of hydrogen-bond acceptors (Lipinski definition) is 11. The second-order valence-corrected chi connectivity index (χ2v) is 4.31. The van der Waals surface area contributed by atoms with Crippen LogP contribution in [-0.4, -0.2) is 47.5 Å². The van der Waals surface area contributed by atoms with Crippen LogP contribution in [0.4, 0.5) is 4.79 Å². The summed E-state index contributed by atoms with van der Waals surface area (Å²) < 4.78 is 13.0. The highest BCUT2D eigenvalue weighted by Crippen LogP contribution is 2.21. The Kier molecular flexibility index (Phi) is 9.02. The molecular formula is C13H18O11. The average molecular weight is 350 g/mol. The molecule has 11 nitrogen and oxygen atoms in total. The third kappa shape index (κ3) is 6.20. The van der Waals surface area contributed by atoms with Crippen LogP contribution in [0.1, 0.15) is 40.0 Å². The van der Waals surface area contributed by atoms with Crippen molar-refractivity contribution in [1.82, 2.24) is 0 Å². The molecule has 0 aliphatic heterocycles. The number of esters is 2. The lowest BCUT2D eigenvalue weighted by atomic mass is 10.1. The van der Waals surface area contributed by atoms with Gasteiger partial charge in [0.1, 0.15) is 6.10 Å². The van der Waals surface area contributed by atoms with Crippen LogP contribution in [0.2, 0.25) is 0 Å². The SMILES string of the molecule is CCCC(=O)OC(=O)OOC(=O)C(OC=O)(OC(=O)CC)C(C)O. The Morgan fingerprint density at radius 1 is 1.12 bits per heavy atom. The predicted molar refractivity (Wildman–Crippen MR) is 71.5 cm³/mol. The zero-order valence-corrected chi connectivity index (χ0v) is 13.3. The molecule has 0 aromatic carbocycles. The van der Waals surface area contributed by atoms with E-state index in [1.54, 1.807) is 6.92 Å². The molecule has 0 bridgehead atoms. The molecule has 0 aromatic rings. The standard InChI is InChI=1S/C13H18O11/c1-4-6-10(17)21-12(19)24-23-11(18)13(8(3)15,20-7-14)22-9(16)5-2/h7-8,15H,4-6H2,1-3H3. The lowest BCUT2D eigenvalue weighted by Crippen LogP contribution is -2.55. The van der Waals surface area contributed by atoms with Gasteiger partial charge in [0.2, 0.25) is 0 Å². The van der Waals surface area contributed by atoms with Crippen LogP contribution in [0, 0.1) is 0 Å². The smallest absolute Gasteiger partial charge is 0.412 e. The first-order valence-corrected chi connectivity index (χ1v) is 6.88. The van der Waals surface area contributed by atoms with E-state index in [0.29, 0.717) is 6.42 Å². The lowest BCUT2D eigenvalue weighted by molar-refractivity contribution is -0.299. The van der Waals surface area contributed by atoms with Gasteiger partial charge in [-0.15, -0.1) is 0 Å². The Bertz CT molecular complexity index is 484. The highest BCUT2D eigenvalue weighted by atomic mass is 17.2. The maximum absolute atomic E-state index is 11.9. The first-order valence-electron chi connectivity index (χ1n) is 6.88. The predicted octanol–water partition coefficient (Wildman–Crippen LogP) is 0.128. The highest BCUT2D eigenvalue weighted by molar-refractivity contribution is 5.85. The zero-order chi connectivity index (χ0) is 18.8. The molecule has 0 saturated carbocycles. The first-order chi connectivity index (χ1) is 11.2. The molecule has 0 spiro atoms. The summed E-state index contributed by atoms with van der Waals surface area (Å²) in [6.07, 6.45) is -3.44. The molecule has 1 N–H and O–H groups in total. The fraction of sp³-hybridized carbons (Fsp3) is 0.615. The molecule has 2 unspecified atom stereocenters. The number of hydrogen-bond donors (Lipinski definition) is 1. The fourth-order valence-electron chi connectivity index (χ4n) is 1.28. The Morgan fingerprint density at radius 3 is 2.21 bits per heavy atom. The molecule has 0 aliphatic rings. The van der Waals surface area contributed by atoms with E-state index >= 15 is 0 Å². The molecule has 136 valence electrons. The van der Waals surface area contributed by atoms with Crippen molar-refractivity contribution in [3.8, 4) is 0 Å². The van der Waals surface area contributed by atoms with Gasteiger partial charge < -0.3 is 19.3 Å². The zero-order valence-electron chi connectivity index (χ0n) is 13.3. The second kappa shape index (κ2) is 10.2. The van der Waals surface area contributed by atoms with Gasteiger partial charge in [0, 0.05) is 12.8 Å². The maximum atomic E-state index is 11.9. The number of carbonyl (C=O) groups excluding carboxylic acids is 5. The van der Waals surface area contributed by atoms with Gasteiger partial charge in [0.25, 0.3) is 6.47 Å². The monoisotopic (exact) mass is 350 g/mol. The number of ether oxygens (including phenoxy) is 3. The molecule has 0 rings (SSSR count). The summed E-state index contributed by atoms with van der Waals surface area (Å²) in [7, 11) is 0. The molecule has 0 amide bonds. The molecule has 0 aliphatic carbocycles. The summed E-state index contributed by atoms with van der Waals surface area (Å²) >= 11 is 0. The number of aliphatic hydroxyl groups is 1. The van der Waals surface area contributed by atoms with Gasteiger partial charge in [0.15, 0.2) is 0 Å². The molecule has 2 atom stereocenters. The minimum absolute atomic E-state index is 0.0803. The molecule has 0 radical (unpaired) electrons. The van der Waals surface area contributed by atoms with E-state index in [9.17, 15) is 29.1 Å². The fourth-order valence-corrected chi connectivity index (χ4v) is 1.28.